The van der Waals surface area contributed by atoms with E-state index >= 15 is 0 Å². The molecule has 0 amide bonds. The molecule has 3 aromatic rings. The van der Waals surface area contributed by atoms with E-state index in [-0.39, 0.29) is 17.9 Å². The van der Waals surface area contributed by atoms with Gasteiger partial charge < -0.3 is 14.6 Å². The number of carboxylic acids is 1. The summed E-state index contributed by atoms with van der Waals surface area (Å²) >= 11 is 0. The van der Waals surface area contributed by atoms with E-state index in [9.17, 15) is 14.9 Å². The number of hydrogen-bond donors (Lipinski definition) is 1. The number of aromatic carboxylic acids is 1. The molecular weight excluding hydrogens is 400 g/mol. The van der Waals surface area contributed by atoms with Crippen LogP contribution in [0, 0.1) is 17.0 Å². The summed E-state index contributed by atoms with van der Waals surface area (Å²) in [6.45, 7) is 1.85. The molecule has 3 aromatic carbocycles. The molecule has 0 heterocycles. The molecule has 158 valence electrons. The molecule has 8 nitrogen and oxygen atoms in total. The van der Waals surface area contributed by atoms with Crippen molar-refractivity contribution >= 4 is 23.6 Å². The monoisotopic (exact) mass is 420 g/mol. The van der Waals surface area contributed by atoms with Gasteiger partial charge in [-0.15, -0.1) is 0 Å². The highest BCUT2D eigenvalue weighted by atomic mass is 16.6. The zero-order valence-electron chi connectivity index (χ0n) is 16.9. The fraction of sp³-hybridized carbons (Fsp3) is 0.130. The number of ether oxygens (including phenoxy) is 2. The third kappa shape index (κ3) is 5.45. The van der Waals surface area contributed by atoms with Gasteiger partial charge in [-0.2, -0.15) is 0 Å². The molecule has 0 saturated heterocycles. The number of carboxylic acid groups (broad SMARTS) is 1. The molecule has 0 aliphatic carbocycles. The molecule has 0 aliphatic rings. The molecule has 1 N–H and O–H groups in total. The Balaban J connectivity index is 1.75. The van der Waals surface area contributed by atoms with Crippen LogP contribution in [0.5, 0.6) is 11.5 Å². The largest absolute Gasteiger partial charge is 0.493 e. The molecule has 8 heteroatoms. The molecule has 0 spiro atoms. The average molecular weight is 420 g/mol. The van der Waals surface area contributed by atoms with Crippen molar-refractivity contribution in [1.82, 2.24) is 0 Å². The molecule has 0 unspecified atom stereocenters. The third-order valence-corrected chi connectivity index (χ3v) is 4.51. The summed E-state index contributed by atoms with van der Waals surface area (Å²) in [4.78, 5) is 26.0. The van der Waals surface area contributed by atoms with Gasteiger partial charge in [-0.25, -0.2) is 4.79 Å². The van der Waals surface area contributed by atoms with Crippen LogP contribution in [-0.4, -0.2) is 29.3 Å². The summed E-state index contributed by atoms with van der Waals surface area (Å²) in [6.07, 6.45) is 1.58. The third-order valence-electron chi connectivity index (χ3n) is 4.51. The predicted molar refractivity (Wildman–Crippen MR) is 116 cm³/mol. The second kappa shape index (κ2) is 9.53. The van der Waals surface area contributed by atoms with Gasteiger partial charge in [0.2, 0.25) is 0 Å². The summed E-state index contributed by atoms with van der Waals surface area (Å²) in [5, 5.41) is 20.2. The molecule has 0 fully saturated rings. The van der Waals surface area contributed by atoms with Gasteiger partial charge in [0.15, 0.2) is 11.5 Å². The van der Waals surface area contributed by atoms with Crippen LogP contribution in [0.3, 0.4) is 0 Å². The number of benzene rings is 3. The highest BCUT2D eigenvalue weighted by Gasteiger charge is 2.11. The second-order valence-electron chi connectivity index (χ2n) is 6.69. The first-order valence-electron chi connectivity index (χ1n) is 9.29. The lowest BCUT2D eigenvalue weighted by molar-refractivity contribution is -0.385. The second-order valence-corrected chi connectivity index (χ2v) is 6.69. The molecule has 0 bridgehead atoms. The van der Waals surface area contributed by atoms with Gasteiger partial charge in [0.25, 0.3) is 5.69 Å². The number of aliphatic imine (C=N–C) groups is 1. The lowest BCUT2D eigenvalue weighted by Gasteiger charge is -2.11. The minimum atomic E-state index is -0.998. The van der Waals surface area contributed by atoms with Crippen LogP contribution in [0.15, 0.2) is 65.7 Å². The Morgan fingerprint density at radius 1 is 1.13 bits per heavy atom. The highest BCUT2D eigenvalue weighted by Crippen LogP contribution is 2.29. The first kappa shape index (κ1) is 21.5. The highest BCUT2D eigenvalue weighted by molar-refractivity contribution is 5.87. The normalized spacial score (nSPS) is 10.8. The maximum absolute atomic E-state index is 11.1. The van der Waals surface area contributed by atoms with E-state index in [4.69, 9.17) is 14.6 Å². The van der Waals surface area contributed by atoms with Crippen molar-refractivity contribution < 1.29 is 24.3 Å². The lowest BCUT2D eigenvalue weighted by atomic mass is 10.1. The van der Waals surface area contributed by atoms with Crippen molar-refractivity contribution in [2.75, 3.05) is 7.11 Å². The van der Waals surface area contributed by atoms with Gasteiger partial charge in [0, 0.05) is 17.8 Å². The maximum atomic E-state index is 11.1. The summed E-state index contributed by atoms with van der Waals surface area (Å²) in [7, 11) is 1.51. The van der Waals surface area contributed by atoms with Crippen LogP contribution >= 0.6 is 0 Å². The van der Waals surface area contributed by atoms with Crippen LogP contribution < -0.4 is 9.47 Å². The number of carbonyl (C=O) groups is 1. The average Bonchev–Trinajstić information content (AvgIpc) is 2.77. The Bertz CT molecular complexity index is 1160. The zero-order chi connectivity index (χ0) is 22.4. The van der Waals surface area contributed by atoms with E-state index < -0.39 is 10.9 Å². The molecule has 0 aromatic heterocycles. The number of nitro benzene ring substituents is 1. The quantitative estimate of drug-likeness (QED) is 0.314. The SMILES string of the molecule is COc1cc(C=Nc2ccc(C)c([N+](=O)[O-])c2)ccc1OCc1cccc(C(=O)O)c1. The Kier molecular flexibility index (Phi) is 6.61. The van der Waals surface area contributed by atoms with E-state index in [2.05, 4.69) is 4.99 Å². The van der Waals surface area contributed by atoms with Crippen LogP contribution in [0.1, 0.15) is 27.0 Å². The fourth-order valence-electron chi connectivity index (χ4n) is 2.86. The van der Waals surface area contributed by atoms with Crippen LogP contribution in [0.2, 0.25) is 0 Å². The van der Waals surface area contributed by atoms with Crippen LogP contribution in [-0.2, 0) is 6.61 Å². The molecule has 0 aliphatic heterocycles. The van der Waals surface area contributed by atoms with Gasteiger partial charge in [-0.05, 0) is 54.4 Å². The van der Waals surface area contributed by atoms with Crippen molar-refractivity contribution in [1.29, 1.82) is 0 Å². The molecule has 0 radical (unpaired) electrons. The van der Waals surface area contributed by atoms with Crippen molar-refractivity contribution in [2.45, 2.75) is 13.5 Å². The van der Waals surface area contributed by atoms with Gasteiger partial charge in [0.1, 0.15) is 6.61 Å². The number of aryl methyl sites for hydroxylation is 1. The van der Waals surface area contributed by atoms with Crippen LogP contribution in [0.4, 0.5) is 11.4 Å². The summed E-state index contributed by atoms with van der Waals surface area (Å²) in [5.41, 5.74) is 2.68. The maximum Gasteiger partial charge on any atom is 0.335 e. The Labute approximate surface area is 178 Å². The van der Waals surface area contributed by atoms with Gasteiger partial charge >= 0.3 is 5.97 Å². The van der Waals surface area contributed by atoms with E-state index in [0.717, 1.165) is 5.56 Å². The van der Waals surface area contributed by atoms with Gasteiger partial charge in [-0.3, -0.25) is 15.1 Å². The predicted octanol–water partition coefficient (Wildman–Crippen LogP) is 4.94. The van der Waals surface area contributed by atoms with E-state index in [1.165, 1.54) is 19.2 Å². The minimum Gasteiger partial charge on any atom is -0.493 e. The van der Waals surface area contributed by atoms with E-state index in [1.807, 2.05) is 0 Å². The standard InChI is InChI=1S/C23H20N2O6/c1-15-6-8-19(12-20(15)25(28)29)24-13-16-7-9-21(22(11-16)30-2)31-14-17-4-3-5-18(10-17)23(26)27/h3-13H,14H2,1-2H3,(H,26,27). The lowest BCUT2D eigenvalue weighted by Crippen LogP contribution is -2.01. The number of hydrogen-bond acceptors (Lipinski definition) is 6. The fourth-order valence-corrected chi connectivity index (χ4v) is 2.86. The number of methoxy groups -OCH3 is 1. The minimum absolute atomic E-state index is 0.0166. The van der Waals surface area contributed by atoms with Crippen molar-refractivity contribution in [3.63, 3.8) is 0 Å². The Morgan fingerprint density at radius 2 is 1.94 bits per heavy atom. The first-order valence-corrected chi connectivity index (χ1v) is 9.29. The summed E-state index contributed by atoms with van der Waals surface area (Å²) in [6, 6.07) is 16.5. The molecular formula is C23H20N2O6. The zero-order valence-corrected chi connectivity index (χ0v) is 16.9. The van der Waals surface area contributed by atoms with E-state index in [0.29, 0.717) is 28.3 Å². The van der Waals surface area contributed by atoms with E-state index in [1.54, 1.807) is 61.7 Å². The van der Waals surface area contributed by atoms with Gasteiger partial charge in [-0.1, -0.05) is 18.2 Å². The molecule has 3 rings (SSSR count). The van der Waals surface area contributed by atoms with Gasteiger partial charge in [0.05, 0.1) is 23.3 Å². The smallest absolute Gasteiger partial charge is 0.335 e. The topological polar surface area (TPSA) is 111 Å². The summed E-state index contributed by atoms with van der Waals surface area (Å²) in [5.74, 6) is -0.0263. The van der Waals surface area contributed by atoms with Crippen LogP contribution in [0.25, 0.3) is 0 Å². The summed E-state index contributed by atoms with van der Waals surface area (Å²) < 4.78 is 11.2. The number of nitrogens with zero attached hydrogens (tertiary/aromatic N) is 2. The Hall–Kier alpha value is -4.20. The molecule has 31 heavy (non-hydrogen) atoms. The van der Waals surface area contributed by atoms with Crippen molar-refractivity contribution in [3.8, 4) is 11.5 Å². The number of rotatable bonds is 8. The Morgan fingerprint density at radius 3 is 2.65 bits per heavy atom. The molecule has 0 atom stereocenters. The first-order chi connectivity index (χ1) is 14.9. The molecule has 0 saturated carbocycles. The van der Waals surface area contributed by atoms with Crippen molar-refractivity contribution in [2.24, 2.45) is 4.99 Å². The van der Waals surface area contributed by atoms with Crippen molar-refractivity contribution in [3.05, 3.63) is 93.0 Å². The number of nitro groups is 1.